The zero-order chi connectivity index (χ0) is 17.8. The summed E-state index contributed by atoms with van der Waals surface area (Å²) in [5.74, 6) is -0.691. The van der Waals surface area contributed by atoms with Crippen molar-refractivity contribution < 1.29 is 19.1 Å². The van der Waals surface area contributed by atoms with Gasteiger partial charge in [0.2, 0.25) is 0 Å². The number of ether oxygens (including phenoxy) is 2. The molecule has 5 nitrogen and oxygen atoms in total. The molecule has 0 aromatic heterocycles. The van der Waals surface area contributed by atoms with Crippen LogP contribution in [0.5, 0.6) is 0 Å². The largest absolute Gasteiger partial charge is 0.469 e. The number of carbonyl (C=O) groups is 2. The van der Waals surface area contributed by atoms with Crippen LogP contribution in [0.25, 0.3) is 0 Å². The number of nitrogens with zero attached hydrogens (tertiary/aromatic N) is 1. The van der Waals surface area contributed by atoms with Crippen LogP contribution < -0.4 is 0 Å². The molecule has 0 saturated heterocycles. The maximum absolute atomic E-state index is 12.2. The molecule has 0 aliphatic rings. The van der Waals surface area contributed by atoms with E-state index in [1.165, 1.54) is 14.2 Å². The highest BCUT2D eigenvalue weighted by Crippen LogP contribution is 2.31. The van der Waals surface area contributed by atoms with Crippen molar-refractivity contribution in [2.24, 2.45) is 5.41 Å². The van der Waals surface area contributed by atoms with Crippen molar-refractivity contribution in [3.05, 3.63) is 35.9 Å². The van der Waals surface area contributed by atoms with E-state index in [0.717, 1.165) is 31.2 Å². The maximum atomic E-state index is 12.2. The van der Waals surface area contributed by atoms with Crippen LogP contribution in [-0.2, 0) is 25.5 Å². The molecule has 0 N–H and O–H groups in total. The number of nitriles is 1. The van der Waals surface area contributed by atoms with Crippen LogP contribution in [0.3, 0.4) is 0 Å². The minimum absolute atomic E-state index is 0.208. The molecule has 0 aliphatic heterocycles. The fourth-order valence-electron chi connectivity index (χ4n) is 2.70. The Morgan fingerprint density at radius 2 is 1.71 bits per heavy atom. The second-order valence-corrected chi connectivity index (χ2v) is 5.84. The first-order valence-corrected chi connectivity index (χ1v) is 8.18. The van der Waals surface area contributed by atoms with Gasteiger partial charge in [0.25, 0.3) is 0 Å². The predicted octanol–water partition coefficient (Wildman–Crippen LogP) is 3.43. The summed E-state index contributed by atoms with van der Waals surface area (Å²) < 4.78 is 9.48. The summed E-state index contributed by atoms with van der Waals surface area (Å²) in [5.41, 5.74) is -0.214. The molecule has 1 aromatic rings. The third-order valence-electron chi connectivity index (χ3n) is 4.10. The van der Waals surface area contributed by atoms with Gasteiger partial charge in [0.05, 0.1) is 20.3 Å². The topological polar surface area (TPSA) is 76.4 Å². The van der Waals surface area contributed by atoms with E-state index in [4.69, 9.17) is 4.74 Å². The summed E-state index contributed by atoms with van der Waals surface area (Å²) in [7, 11) is 2.69. The van der Waals surface area contributed by atoms with Gasteiger partial charge < -0.3 is 9.47 Å². The van der Waals surface area contributed by atoms with Crippen molar-refractivity contribution in [2.45, 2.75) is 44.9 Å². The number of hydrogen-bond donors (Lipinski definition) is 0. The van der Waals surface area contributed by atoms with Gasteiger partial charge in [0, 0.05) is 12.8 Å². The van der Waals surface area contributed by atoms with Gasteiger partial charge >= 0.3 is 11.9 Å². The van der Waals surface area contributed by atoms with Crippen molar-refractivity contribution in [2.75, 3.05) is 14.2 Å². The fraction of sp³-hybridized carbons (Fsp3) is 0.526. The molecule has 1 unspecified atom stereocenters. The zero-order valence-corrected chi connectivity index (χ0v) is 14.4. The molecule has 0 bridgehead atoms. The molecule has 1 atom stereocenters. The Balaban J connectivity index is 2.59. The summed E-state index contributed by atoms with van der Waals surface area (Å²) in [6.07, 6.45) is 4.40. The number of unbranched alkanes of at least 4 members (excludes halogenated alkanes) is 3. The molecule has 1 rings (SSSR count). The van der Waals surface area contributed by atoms with Gasteiger partial charge in [0.1, 0.15) is 0 Å². The quantitative estimate of drug-likeness (QED) is 0.485. The third-order valence-corrected chi connectivity index (χ3v) is 4.10. The molecule has 0 amide bonds. The lowest BCUT2D eigenvalue weighted by atomic mass is 9.78. The average molecular weight is 331 g/mol. The first kappa shape index (κ1) is 19.7. The number of rotatable bonds is 10. The summed E-state index contributed by atoms with van der Waals surface area (Å²) in [6.45, 7) is 0. The molecule has 5 heteroatoms. The predicted molar refractivity (Wildman–Crippen MR) is 89.9 cm³/mol. The normalized spacial score (nSPS) is 12.7. The Hall–Kier alpha value is -2.35. The Morgan fingerprint density at radius 1 is 1.04 bits per heavy atom. The van der Waals surface area contributed by atoms with E-state index in [0.29, 0.717) is 19.3 Å². The molecular formula is C19H25NO4. The van der Waals surface area contributed by atoms with Crippen molar-refractivity contribution in [3.8, 4) is 6.07 Å². The lowest BCUT2D eigenvalue weighted by molar-refractivity contribution is -0.149. The van der Waals surface area contributed by atoms with Gasteiger partial charge in [-0.25, -0.2) is 0 Å². The zero-order valence-electron chi connectivity index (χ0n) is 14.4. The van der Waals surface area contributed by atoms with Crippen LogP contribution in [0, 0.1) is 16.7 Å². The van der Waals surface area contributed by atoms with Gasteiger partial charge in [-0.2, -0.15) is 5.26 Å². The van der Waals surface area contributed by atoms with Gasteiger partial charge in [-0.3, -0.25) is 9.59 Å². The summed E-state index contributed by atoms with van der Waals surface area (Å²) >= 11 is 0. The second-order valence-electron chi connectivity index (χ2n) is 5.84. The highest BCUT2D eigenvalue weighted by atomic mass is 16.5. The Kier molecular flexibility index (Phi) is 8.56. The lowest BCUT2D eigenvalue weighted by Crippen LogP contribution is -2.33. The average Bonchev–Trinajstić information content (AvgIpc) is 2.63. The highest BCUT2D eigenvalue weighted by Gasteiger charge is 2.39. The van der Waals surface area contributed by atoms with Crippen molar-refractivity contribution in [3.63, 3.8) is 0 Å². The fourth-order valence-corrected chi connectivity index (χ4v) is 2.70. The standard InChI is InChI=1S/C19H25NO4/c1-23-17(21)12-8-3-4-9-13-19(15-20,18(22)24-2)14-16-10-6-5-7-11-16/h5-7,10-11H,3-4,8-9,12-14H2,1-2H3. The van der Waals surface area contributed by atoms with Crippen LogP contribution in [0.4, 0.5) is 0 Å². The maximum Gasteiger partial charge on any atom is 0.326 e. The molecule has 0 saturated carbocycles. The van der Waals surface area contributed by atoms with Crippen LogP contribution in [0.1, 0.15) is 44.1 Å². The van der Waals surface area contributed by atoms with Crippen LogP contribution in [-0.4, -0.2) is 26.2 Å². The Bertz CT molecular complexity index is 564. The van der Waals surface area contributed by atoms with E-state index in [1.54, 1.807) is 0 Å². The number of methoxy groups -OCH3 is 2. The van der Waals surface area contributed by atoms with Crippen LogP contribution in [0.15, 0.2) is 30.3 Å². The first-order valence-electron chi connectivity index (χ1n) is 8.18. The van der Waals surface area contributed by atoms with E-state index in [9.17, 15) is 14.9 Å². The van der Waals surface area contributed by atoms with Crippen molar-refractivity contribution in [1.29, 1.82) is 5.26 Å². The minimum atomic E-state index is -1.15. The van der Waals surface area contributed by atoms with E-state index in [-0.39, 0.29) is 5.97 Å². The van der Waals surface area contributed by atoms with Gasteiger partial charge in [-0.05, 0) is 18.4 Å². The third kappa shape index (κ3) is 6.04. The summed E-state index contributed by atoms with van der Waals surface area (Å²) in [5, 5.41) is 9.63. The van der Waals surface area contributed by atoms with Crippen LogP contribution >= 0.6 is 0 Å². The molecule has 0 radical (unpaired) electrons. The van der Waals surface area contributed by atoms with E-state index in [1.807, 2.05) is 30.3 Å². The number of benzene rings is 1. The molecule has 0 aliphatic carbocycles. The Labute approximate surface area is 143 Å². The van der Waals surface area contributed by atoms with Crippen LogP contribution in [0.2, 0.25) is 0 Å². The van der Waals surface area contributed by atoms with E-state index >= 15 is 0 Å². The molecular weight excluding hydrogens is 306 g/mol. The smallest absolute Gasteiger partial charge is 0.326 e. The first-order chi connectivity index (χ1) is 11.6. The van der Waals surface area contributed by atoms with Gasteiger partial charge in [-0.15, -0.1) is 0 Å². The number of carbonyl (C=O) groups excluding carboxylic acids is 2. The van der Waals surface area contributed by atoms with E-state index < -0.39 is 11.4 Å². The van der Waals surface area contributed by atoms with E-state index in [2.05, 4.69) is 10.8 Å². The monoisotopic (exact) mass is 331 g/mol. The van der Waals surface area contributed by atoms with Gasteiger partial charge in [-0.1, -0.05) is 49.6 Å². The lowest BCUT2D eigenvalue weighted by Gasteiger charge is -2.24. The van der Waals surface area contributed by atoms with Crippen molar-refractivity contribution >= 4 is 11.9 Å². The number of hydrogen-bond acceptors (Lipinski definition) is 5. The van der Waals surface area contributed by atoms with Crippen molar-refractivity contribution in [1.82, 2.24) is 0 Å². The Morgan fingerprint density at radius 3 is 2.29 bits per heavy atom. The molecule has 130 valence electrons. The molecule has 0 spiro atoms. The SMILES string of the molecule is COC(=O)CCCCCCC(C#N)(Cc1ccccc1)C(=O)OC. The number of esters is 2. The minimum Gasteiger partial charge on any atom is -0.469 e. The highest BCUT2D eigenvalue weighted by molar-refractivity contribution is 5.80. The molecule has 1 aromatic carbocycles. The molecule has 24 heavy (non-hydrogen) atoms. The molecule has 0 heterocycles. The summed E-state index contributed by atoms with van der Waals surface area (Å²) in [6, 6.07) is 11.7. The summed E-state index contributed by atoms with van der Waals surface area (Å²) in [4.78, 5) is 23.3. The molecule has 0 fully saturated rings. The second kappa shape index (κ2) is 10.4. The van der Waals surface area contributed by atoms with Gasteiger partial charge in [0.15, 0.2) is 5.41 Å².